The fourth-order valence-corrected chi connectivity index (χ4v) is 3.07. The van der Waals surface area contributed by atoms with Crippen molar-refractivity contribution in [3.8, 4) is 0 Å². The summed E-state index contributed by atoms with van der Waals surface area (Å²) in [7, 11) is 2.31. The van der Waals surface area contributed by atoms with Gasteiger partial charge >= 0.3 is 0 Å². The minimum absolute atomic E-state index is 0.570. The summed E-state index contributed by atoms with van der Waals surface area (Å²) < 4.78 is 0. The van der Waals surface area contributed by atoms with E-state index in [1.165, 1.54) is 38.9 Å². The predicted molar refractivity (Wildman–Crippen MR) is 60.4 cm³/mol. The van der Waals surface area contributed by atoms with E-state index in [9.17, 15) is 0 Å². The average molecular weight is 196 g/mol. The van der Waals surface area contributed by atoms with Crippen LogP contribution in [0.25, 0.3) is 0 Å². The van der Waals surface area contributed by atoms with E-state index in [1.54, 1.807) is 0 Å². The Hall–Kier alpha value is -0.0800. The molecule has 1 heterocycles. The Bertz CT molecular complexity index is 194. The molecule has 0 amide bonds. The summed E-state index contributed by atoms with van der Waals surface area (Å²) in [5, 5.41) is 3.45. The smallest absolute Gasteiger partial charge is 0.0144 e. The molecule has 2 rings (SSSR count). The van der Waals surface area contributed by atoms with Crippen LogP contribution in [-0.2, 0) is 0 Å². The van der Waals surface area contributed by atoms with Gasteiger partial charge in [0, 0.05) is 12.6 Å². The van der Waals surface area contributed by atoms with E-state index in [2.05, 4.69) is 31.1 Å². The molecule has 2 nitrogen and oxygen atoms in total. The third-order valence-corrected chi connectivity index (χ3v) is 4.20. The Morgan fingerprint density at radius 3 is 2.57 bits per heavy atom. The first-order valence-corrected chi connectivity index (χ1v) is 6.00. The molecular weight excluding hydrogens is 172 g/mol. The first-order valence-electron chi connectivity index (χ1n) is 6.00. The summed E-state index contributed by atoms with van der Waals surface area (Å²) in [6.07, 6.45) is 4.19. The van der Waals surface area contributed by atoms with Crippen LogP contribution < -0.4 is 5.32 Å². The Morgan fingerprint density at radius 2 is 2.14 bits per heavy atom. The number of hydrogen-bond donors (Lipinski definition) is 1. The molecule has 1 aliphatic carbocycles. The lowest BCUT2D eigenvalue weighted by Crippen LogP contribution is -2.52. The van der Waals surface area contributed by atoms with Crippen LogP contribution in [0.5, 0.6) is 0 Å². The molecule has 0 aromatic carbocycles. The van der Waals surface area contributed by atoms with Gasteiger partial charge in [-0.25, -0.2) is 0 Å². The van der Waals surface area contributed by atoms with Gasteiger partial charge in [0.05, 0.1) is 0 Å². The van der Waals surface area contributed by atoms with Crippen molar-refractivity contribution in [3.63, 3.8) is 0 Å². The number of rotatable bonds is 3. The third kappa shape index (κ3) is 1.96. The first kappa shape index (κ1) is 10.4. The standard InChI is InChI=1S/C12H24N2/c1-12(2)6-4-11(12)14(3)9-10-5-7-13-8-10/h10-11,13H,4-9H2,1-3H3/t10-,11?/m1/s1. The van der Waals surface area contributed by atoms with E-state index in [1.807, 2.05) is 0 Å². The van der Waals surface area contributed by atoms with Gasteiger partial charge in [0.2, 0.25) is 0 Å². The number of hydrogen-bond acceptors (Lipinski definition) is 2. The van der Waals surface area contributed by atoms with Crippen molar-refractivity contribution in [3.05, 3.63) is 0 Å². The zero-order valence-electron chi connectivity index (χ0n) is 9.84. The fraction of sp³-hybridized carbons (Fsp3) is 1.00. The van der Waals surface area contributed by atoms with Gasteiger partial charge in [0.15, 0.2) is 0 Å². The Labute approximate surface area is 88.1 Å². The predicted octanol–water partition coefficient (Wildman–Crippen LogP) is 1.72. The molecule has 2 atom stereocenters. The van der Waals surface area contributed by atoms with Crippen molar-refractivity contribution in [1.29, 1.82) is 0 Å². The molecule has 0 spiro atoms. The van der Waals surface area contributed by atoms with Crippen LogP contribution in [0.2, 0.25) is 0 Å². The average Bonchev–Trinajstić information content (AvgIpc) is 2.55. The SMILES string of the molecule is CN(C[C@@H]1CCNC1)C1CCC1(C)C. The van der Waals surface area contributed by atoms with Gasteiger partial charge in [0.1, 0.15) is 0 Å². The van der Waals surface area contributed by atoms with Gasteiger partial charge in [-0.05, 0) is 50.7 Å². The van der Waals surface area contributed by atoms with Crippen LogP contribution in [-0.4, -0.2) is 37.6 Å². The van der Waals surface area contributed by atoms with Gasteiger partial charge < -0.3 is 10.2 Å². The molecule has 2 aliphatic rings. The van der Waals surface area contributed by atoms with Crippen LogP contribution in [0.1, 0.15) is 33.1 Å². The molecule has 1 unspecified atom stereocenters. The molecule has 2 fully saturated rings. The van der Waals surface area contributed by atoms with Crippen molar-refractivity contribution in [2.45, 2.75) is 39.2 Å². The lowest BCUT2D eigenvalue weighted by molar-refractivity contribution is 0.00916. The van der Waals surface area contributed by atoms with Gasteiger partial charge in [-0.1, -0.05) is 13.8 Å². The highest BCUT2D eigenvalue weighted by Crippen LogP contribution is 2.43. The van der Waals surface area contributed by atoms with E-state index in [0.29, 0.717) is 5.41 Å². The van der Waals surface area contributed by atoms with Gasteiger partial charge in [0.25, 0.3) is 0 Å². The summed E-state index contributed by atoms with van der Waals surface area (Å²) in [6.45, 7) is 8.57. The Balaban J connectivity index is 1.80. The molecule has 0 aromatic rings. The summed E-state index contributed by atoms with van der Waals surface area (Å²) in [5.74, 6) is 0.899. The Morgan fingerprint density at radius 1 is 1.36 bits per heavy atom. The van der Waals surface area contributed by atoms with Crippen molar-refractivity contribution in [2.24, 2.45) is 11.3 Å². The van der Waals surface area contributed by atoms with Crippen LogP contribution >= 0.6 is 0 Å². The molecule has 2 heteroatoms. The van der Waals surface area contributed by atoms with Crippen LogP contribution in [0.15, 0.2) is 0 Å². The zero-order chi connectivity index (χ0) is 10.2. The topological polar surface area (TPSA) is 15.3 Å². The molecule has 82 valence electrons. The molecule has 1 saturated carbocycles. The number of nitrogens with one attached hydrogen (secondary N) is 1. The minimum Gasteiger partial charge on any atom is -0.316 e. The first-order chi connectivity index (χ1) is 6.59. The molecule has 0 bridgehead atoms. The summed E-state index contributed by atoms with van der Waals surface area (Å²) >= 11 is 0. The van der Waals surface area contributed by atoms with Crippen LogP contribution in [0.4, 0.5) is 0 Å². The lowest BCUT2D eigenvalue weighted by Gasteiger charge is -2.50. The van der Waals surface area contributed by atoms with E-state index >= 15 is 0 Å². The van der Waals surface area contributed by atoms with Gasteiger partial charge in [-0.15, -0.1) is 0 Å². The fourth-order valence-electron chi connectivity index (χ4n) is 3.07. The van der Waals surface area contributed by atoms with Crippen molar-refractivity contribution < 1.29 is 0 Å². The summed E-state index contributed by atoms with van der Waals surface area (Å²) in [4.78, 5) is 2.60. The van der Waals surface area contributed by atoms with Crippen LogP contribution in [0, 0.1) is 11.3 Å². The maximum atomic E-state index is 3.45. The van der Waals surface area contributed by atoms with E-state index in [0.717, 1.165) is 12.0 Å². The molecule has 1 aliphatic heterocycles. The quantitative estimate of drug-likeness (QED) is 0.739. The zero-order valence-corrected chi connectivity index (χ0v) is 9.84. The summed E-state index contributed by atoms with van der Waals surface area (Å²) in [6, 6.07) is 0.836. The van der Waals surface area contributed by atoms with Crippen molar-refractivity contribution in [2.75, 3.05) is 26.7 Å². The van der Waals surface area contributed by atoms with Crippen LogP contribution in [0.3, 0.4) is 0 Å². The second kappa shape index (κ2) is 3.82. The van der Waals surface area contributed by atoms with Gasteiger partial charge in [-0.3, -0.25) is 0 Å². The monoisotopic (exact) mass is 196 g/mol. The van der Waals surface area contributed by atoms with Gasteiger partial charge in [-0.2, -0.15) is 0 Å². The second-order valence-corrected chi connectivity index (χ2v) is 5.84. The highest BCUT2D eigenvalue weighted by atomic mass is 15.2. The largest absolute Gasteiger partial charge is 0.316 e. The van der Waals surface area contributed by atoms with Crippen molar-refractivity contribution in [1.82, 2.24) is 10.2 Å². The normalized spacial score (nSPS) is 36.0. The second-order valence-electron chi connectivity index (χ2n) is 5.84. The molecule has 1 saturated heterocycles. The Kier molecular flexibility index (Phi) is 2.85. The minimum atomic E-state index is 0.570. The van der Waals surface area contributed by atoms with E-state index in [-0.39, 0.29) is 0 Å². The van der Waals surface area contributed by atoms with E-state index in [4.69, 9.17) is 0 Å². The molecule has 14 heavy (non-hydrogen) atoms. The summed E-state index contributed by atoms with van der Waals surface area (Å²) in [5.41, 5.74) is 0.570. The molecule has 0 radical (unpaired) electrons. The lowest BCUT2D eigenvalue weighted by atomic mass is 9.66. The molecule has 0 aromatic heterocycles. The van der Waals surface area contributed by atoms with Crippen molar-refractivity contribution >= 4 is 0 Å². The maximum Gasteiger partial charge on any atom is 0.0144 e. The molecular formula is C12H24N2. The number of nitrogens with zero attached hydrogens (tertiary/aromatic N) is 1. The third-order valence-electron chi connectivity index (χ3n) is 4.20. The van der Waals surface area contributed by atoms with E-state index < -0.39 is 0 Å². The highest BCUT2D eigenvalue weighted by molar-refractivity contribution is 4.95. The maximum absolute atomic E-state index is 3.45. The highest BCUT2D eigenvalue weighted by Gasteiger charge is 2.41. The molecule has 1 N–H and O–H groups in total.